The predicted octanol–water partition coefficient (Wildman–Crippen LogP) is 1.08. The predicted molar refractivity (Wildman–Crippen MR) is 78.5 cm³/mol. The van der Waals surface area contributed by atoms with Crippen LogP contribution in [0.15, 0.2) is 24.3 Å². The summed E-state index contributed by atoms with van der Waals surface area (Å²) in [6.45, 7) is 1.26. The summed E-state index contributed by atoms with van der Waals surface area (Å²) in [5, 5.41) is 9.20. The summed E-state index contributed by atoms with van der Waals surface area (Å²) in [5.74, 6) is -1.15. The summed E-state index contributed by atoms with van der Waals surface area (Å²) >= 11 is 0. The van der Waals surface area contributed by atoms with Crippen LogP contribution >= 0.6 is 0 Å². The van der Waals surface area contributed by atoms with Crippen molar-refractivity contribution in [3.8, 4) is 5.75 Å². The summed E-state index contributed by atoms with van der Waals surface area (Å²) < 4.78 is 5.23. The van der Waals surface area contributed by atoms with Crippen LogP contribution in [0.4, 0.5) is 5.69 Å². The van der Waals surface area contributed by atoms with Crippen LogP contribution in [0.3, 0.4) is 0 Å². The van der Waals surface area contributed by atoms with Gasteiger partial charge in [0.1, 0.15) is 18.5 Å². The summed E-state index contributed by atoms with van der Waals surface area (Å²) in [6, 6.07) is 6.00. The molecule has 1 N–H and O–H groups in total. The van der Waals surface area contributed by atoms with E-state index >= 15 is 0 Å². The number of anilines is 1. The van der Waals surface area contributed by atoms with Gasteiger partial charge in [0.15, 0.2) is 0 Å². The summed E-state index contributed by atoms with van der Waals surface area (Å²) in [4.78, 5) is 37.7. The van der Waals surface area contributed by atoms with Crippen molar-refractivity contribution in [2.45, 2.75) is 25.8 Å². The van der Waals surface area contributed by atoms with Gasteiger partial charge in [0.25, 0.3) is 0 Å². The molecule has 0 radical (unpaired) electrons. The van der Waals surface area contributed by atoms with Crippen LogP contribution in [0, 0.1) is 0 Å². The van der Waals surface area contributed by atoms with Gasteiger partial charge in [0.05, 0.1) is 12.8 Å². The molecule has 1 fully saturated rings. The third-order valence-corrected chi connectivity index (χ3v) is 3.66. The molecule has 0 aromatic heterocycles. The highest BCUT2D eigenvalue weighted by molar-refractivity contribution is 5.94. The first-order chi connectivity index (χ1) is 10.5. The van der Waals surface area contributed by atoms with Crippen molar-refractivity contribution >= 4 is 23.5 Å². The van der Waals surface area contributed by atoms with Gasteiger partial charge in [-0.2, -0.15) is 0 Å². The molecule has 0 saturated carbocycles. The lowest BCUT2D eigenvalue weighted by Crippen LogP contribution is -2.47. The Labute approximate surface area is 128 Å². The van der Waals surface area contributed by atoms with Crippen LogP contribution in [0.2, 0.25) is 0 Å². The third kappa shape index (κ3) is 3.03. The van der Waals surface area contributed by atoms with Crippen molar-refractivity contribution in [2.24, 2.45) is 0 Å². The number of benzene rings is 1. The molecule has 2 rings (SSSR count). The average Bonchev–Trinajstić information content (AvgIpc) is 2.85. The molecular formula is C15H18N2O5. The Morgan fingerprint density at radius 2 is 2.09 bits per heavy atom. The zero-order valence-corrected chi connectivity index (χ0v) is 12.5. The minimum absolute atomic E-state index is 0.106. The van der Waals surface area contributed by atoms with Gasteiger partial charge in [-0.3, -0.25) is 14.5 Å². The van der Waals surface area contributed by atoms with Crippen LogP contribution in [0.1, 0.15) is 19.8 Å². The number of para-hydroxylation sites is 2. The molecule has 1 heterocycles. The Morgan fingerprint density at radius 3 is 2.68 bits per heavy atom. The highest BCUT2D eigenvalue weighted by atomic mass is 16.5. The summed E-state index contributed by atoms with van der Waals surface area (Å²) in [5.41, 5.74) is 0.501. The van der Waals surface area contributed by atoms with E-state index in [4.69, 9.17) is 4.74 Å². The summed E-state index contributed by atoms with van der Waals surface area (Å²) in [7, 11) is 1.48. The van der Waals surface area contributed by atoms with Gasteiger partial charge in [0.2, 0.25) is 11.8 Å². The van der Waals surface area contributed by atoms with Crippen LogP contribution in [-0.4, -0.2) is 47.6 Å². The van der Waals surface area contributed by atoms with E-state index in [1.54, 1.807) is 24.3 Å². The van der Waals surface area contributed by atoms with Crippen LogP contribution in [0.25, 0.3) is 0 Å². The molecule has 1 atom stereocenters. The number of carboxylic acids is 1. The molecule has 1 aromatic rings. The molecule has 0 bridgehead atoms. The molecule has 118 valence electrons. The van der Waals surface area contributed by atoms with E-state index in [0.717, 1.165) is 0 Å². The number of methoxy groups -OCH3 is 1. The van der Waals surface area contributed by atoms with Crippen LogP contribution < -0.4 is 9.64 Å². The Morgan fingerprint density at radius 1 is 1.41 bits per heavy atom. The monoisotopic (exact) mass is 306 g/mol. The van der Waals surface area contributed by atoms with E-state index in [9.17, 15) is 19.5 Å². The molecule has 0 aliphatic carbocycles. The second kappa shape index (κ2) is 6.46. The molecule has 2 amide bonds. The van der Waals surface area contributed by atoms with Crippen molar-refractivity contribution in [2.75, 3.05) is 18.7 Å². The average molecular weight is 306 g/mol. The van der Waals surface area contributed by atoms with Crippen molar-refractivity contribution in [3.63, 3.8) is 0 Å². The molecule has 0 spiro atoms. The molecule has 7 heteroatoms. The number of carbonyl (C=O) groups is 3. The molecule has 22 heavy (non-hydrogen) atoms. The van der Waals surface area contributed by atoms with Crippen molar-refractivity contribution < 1.29 is 24.2 Å². The highest BCUT2D eigenvalue weighted by Gasteiger charge is 2.37. The number of amides is 2. The quantitative estimate of drug-likeness (QED) is 0.879. The SMILES string of the molecule is COc1ccccc1N(CN1C(=O)CC[C@H]1C(=O)O)C(C)=O. The minimum Gasteiger partial charge on any atom is -0.495 e. The zero-order chi connectivity index (χ0) is 16.3. The number of carboxylic acid groups (broad SMARTS) is 1. The lowest BCUT2D eigenvalue weighted by atomic mass is 10.2. The first kappa shape index (κ1) is 15.8. The second-order valence-electron chi connectivity index (χ2n) is 5.02. The fourth-order valence-corrected chi connectivity index (χ4v) is 2.52. The van der Waals surface area contributed by atoms with E-state index < -0.39 is 12.0 Å². The van der Waals surface area contributed by atoms with Gasteiger partial charge >= 0.3 is 5.97 Å². The van der Waals surface area contributed by atoms with Crippen molar-refractivity contribution in [1.82, 2.24) is 4.90 Å². The van der Waals surface area contributed by atoms with Gasteiger partial charge in [-0.1, -0.05) is 12.1 Å². The Balaban J connectivity index is 2.31. The Kier molecular flexibility index (Phi) is 4.65. The molecule has 7 nitrogen and oxygen atoms in total. The van der Waals surface area contributed by atoms with E-state index in [0.29, 0.717) is 11.4 Å². The van der Waals surface area contributed by atoms with Gasteiger partial charge in [-0.05, 0) is 18.6 Å². The Hall–Kier alpha value is -2.57. The largest absolute Gasteiger partial charge is 0.495 e. The molecule has 1 saturated heterocycles. The third-order valence-electron chi connectivity index (χ3n) is 3.66. The maximum Gasteiger partial charge on any atom is 0.326 e. The lowest BCUT2D eigenvalue weighted by molar-refractivity contribution is -0.146. The Bertz CT molecular complexity index is 601. The zero-order valence-electron chi connectivity index (χ0n) is 12.5. The van der Waals surface area contributed by atoms with Crippen LogP contribution in [-0.2, 0) is 14.4 Å². The maximum absolute atomic E-state index is 12.0. The smallest absolute Gasteiger partial charge is 0.326 e. The number of hydrogen-bond acceptors (Lipinski definition) is 4. The van der Waals surface area contributed by atoms with Crippen molar-refractivity contribution in [1.29, 1.82) is 0 Å². The number of aliphatic carboxylic acids is 1. The van der Waals surface area contributed by atoms with E-state index in [2.05, 4.69) is 0 Å². The highest BCUT2D eigenvalue weighted by Crippen LogP contribution is 2.29. The van der Waals surface area contributed by atoms with Gasteiger partial charge in [-0.15, -0.1) is 0 Å². The molecule has 0 unspecified atom stereocenters. The number of likely N-dealkylation sites (tertiary alicyclic amines) is 1. The number of ether oxygens (including phenoxy) is 1. The van der Waals surface area contributed by atoms with Crippen LogP contribution in [0.5, 0.6) is 5.75 Å². The van der Waals surface area contributed by atoms with E-state index in [1.807, 2.05) is 0 Å². The van der Waals surface area contributed by atoms with E-state index in [-0.39, 0.29) is 31.3 Å². The normalized spacial score (nSPS) is 17.5. The molecule has 1 aliphatic heterocycles. The first-order valence-corrected chi connectivity index (χ1v) is 6.89. The number of hydrogen-bond donors (Lipinski definition) is 1. The minimum atomic E-state index is -1.06. The fourth-order valence-electron chi connectivity index (χ4n) is 2.52. The van der Waals surface area contributed by atoms with Gasteiger partial charge < -0.3 is 14.7 Å². The number of rotatable bonds is 5. The maximum atomic E-state index is 12.0. The fraction of sp³-hybridized carbons (Fsp3) is 0.400. The van der Waals surface area contributed by atoms with Gasteiger partial charge in [0, 0.05) is 13.3 Å². The first-order valence-electron chi connectivity index (χ1n) is 6.89. The molecule has 1 aromatic carbocycles. The molecule has 1 aliphatic rings. The topological polar surface area (TPSA) is 87.2 Å². The van der Waals surface area contributed by atoms with Crippen molar-refractivity contribution in [3.05, 3.63) is 24.3 Å². The number of nitrogens with zero attached hydrogens (tertiary/aromatic N) is 2. The summed E-state index contributed by atoms with van der Waals surface area (Å²) in [6.07, 6.45) is 0.431. The standard InChI is InChI=1S/C15H18N2O5/c1-10(18)16(11-5-3-4-6-13(11)22-2)9-17-12(15(20)21)7-8-14(17)19/h3-6,12H,7-9H2,1-2H3,(H,20,21)/t12-/m0/s1. The molecular weight excluding hydrogens is 288 g/mol. The lowest BCUT2D eigenvalue weighted by Gasteiger charge is -2.30. The number of carbonyl (C=O) groups excluding carboxylic acids is 2. The van der Waals surface area contributed by atoms with Gasteiger partial charge in [-0.25, -0.2) is 4.79 Å². The van der Waals surface area contributed by atoms with E-state index in [1.165, 1.54) is 23.8 Å². The second-order valence-corrected chi connectivity index (χ2v) is 5.02.